The van der Waals surface area contributed by atoms with E-state index in [2.05, 4.69) is 132 Å². The Kier molecular flexibility index (Phi) is 6.39. The molecule has 0 amide bonds. The highest BCUT2D eigenvalue weighted by Crippen LogP contribution is 2.42. The van der Waals surface area contributed by atoms with Crippen molar-refractivity contribution in [3.05, 3.63) is 212 Å². The van der Waals surface area contributed by atoms with Crippen molar-refractivity contribution in [2.45, 2.75) is 0 Å². The van der Waals surface area contributed by atoms with Crippen molar-refractivity contribution >= 4 is 71.3 Å². The van der Waals surface area contributed by atoms with Gasteiger partial charge in [0.05, 0.1) is 6.85 Å². The molecule has 0 atom stereocenters. The van der Waals surface area contributed by atoms with E-state index in [4.69, 9.17) is 11.3 Å². The second-order valence-electron chi connectivity index (χ2n) is 14.2. The van der Waals surface area contributed by atoms with Gasteiger partial charge in [-0.15, -0.1) is 0 Å². The summed E-state index contributed by atoms with van der Waals surface area (Å²) in [6, 6.07) is 61.3. The van der Waals surface area contributed by atoms with Crippen LogP contribution in [0, 0.1) is 0 Å². The van der Waals surface area contributed by atoms with Crippen LogP contribution in [0.2, 0.25) is 0 Å². The summed E-state index contributed by atoms with van der Waals surface area (Å²) in [4.78, 5) is 2.24. The first-order chi connectivity index (χ1) is 29.8. The summed E-state index contributed by atoms with van der Waals surface area (Å²) < 4.78 is 48.9. The molecule has 1 heterocycles. The van der Waals surface area contributed by atoms with Crippen molar-refractivity contribution < 1.29 is 11.3 Å². The third-order valence-corrected chi connectivity index (χ3v) is 10.9. The van der Waals surface area contributed by atoms with E-state index in [9.17, 15) is 0 Å². The average molecular weight is 719 g/mol. The molecule has 0 spiro atoms. The molecule has 262 valence electrons. The van der Waals surface area contributed by atoms with Crippen LogP contribution in [-0.4, -0.2) is 0 Å². The van der Waals surface area contributed by atoms with Crippen molar-refractivity contribution in [3.8, 4) is 33.4 Å². The van der Waals surface area contributed by atoms with Crippen molar-refractivity contribution in [1.82, 2.24) is 0 Å². The number of rotatable bonds is 6. The molecule has 0 radical (unpaired) electrons. The molecule has 2 heteroatoms. The Labute approximate surface area is 332 Å². The maximum Gasteiger partial charge on any atom is 0.137 e. The van der Waals surface area contributed by atoms with Crippen molar-refractivity contribution in [1.29, 1.82) is 0 Å². The zero-order chi connectivity index (χ0) is 41.4. The molecule has 0 fully saturated rings. The van der Waals surface area contributed by atoms with E-state index in [1.165, 1.54) is 16.3 Å². The van der Waals surface area contributed by atoms with Gasteiger partial charge in [0.15, 0.2) is 0 Å². The Hall–Kier alpha value is -7.42. The predicted molar refractivity (Wildman–Crippen MR) is 237 cm³/mol. The standard InChI is InChI=1S/C54H35NO/c1-2-11-37(12-3-1)48-17-8-14-39-15-9-18-49(54(39)48)38-24-27-45(28-25-38)55(47-30-31-51-50-16-6-7-19-52(50)56-53(51)35-47)46-29-26-43-33-42(22-23-44(43)34-46)41-21-20-36-10-4-5-13-40(36)32-41/h1-35H/i1D,2D,3D,11D,12D. The lowest BCUT2D eigenvalue weighted by atomic mass is 9.91. The average Bonchev–Trinajstić information content (AvgIpc) is 3.68. The Balaban J connectivity index is 1.04. The first-order valence-electron chi connectivity index (χ1n) is 21.2. The van der Waals surface area contributed by atoms with Gasteiger partial charge in [-0.05, 0) is 120 Å². The van der Waals surface area contributed by atoms with E-state index in [1.54, 1.807) is 0 Å². The van der Waals surface area contributed by atoms with E-state index in [0.29, 0.717) is 5.56 Å². The molecule has 2 nitrogen and oxygen atoms in total. The van der Waals surface area contributed by atoms with E-state index in [0.717, 1.165) is 77.2 Å². The monoisotopic (exact) mass is 718 g/mol. The molecular weight excluding hydrogens is 679 g/mol. The Morgan fingerprint density at radius 3 is 1.71 bits per heavy atom. The third kappa shape index (κ3) is 5.51. The lowest BCUT2D eigenvalue weighted by Crippen LogP contribution is -2.09. The molecule has 11 aromatic rings. The highest BCUT2D eigenvalue weighted by Gasteiger charge is 2.17. The van der Waals surface area contributed by atoms with Gasteiger partial charge >= 0.3 is 0 Å². The molecule has 11 rings (SSSR count). The second-order valence-corrected chi connectivity index (χ2v) is 14.2. The molecule has 0 N–H and O–H groups in total. The quantitative estimate of drug-likeness (QED) is 0.170. The summed E-state index contributed by atoms with van der Waals surface area (Å²) in [6.07, 6.45) is 0. The van der Waals surface area contributed by atoms with E-state index >= 15 is 0 Å². The predicted octanol–water partition coefficient (Wildman–Crippen LogP) is 15.5. The number of benzene rings is 10. The lowest BCUT2D eigenvalue weighted by Gasteiger charge is -2.26. The highest BCUT2D eigenvalue weighted by atomic mass is 16.3. The van der Waals surface area contributed by atoms with E-state index in [-0.39, 0.29) is 29.7 Å². The van der Waals surface area contributed by atoms with Gasteiger partial charge in [-0.2, -0.15) is 0 Å². The number of furan rings is 1. The van der Waals surface area contributed by atoms with Crippen LogP contribution in [0.1, 0.15) is 6.85 Å². The van der Waals surface area contributed by atoms with Gasteiger partial charge in [-0.3, -0.25) is 0 Å². The van der Waals surface area contributed by atoms with Gasteiger partial charge < -0.3 is 9.32 Å². The third-order valence-electron chi connectivity index (χ3n) is 10.9. The minimum atomic E-state index is -0.406. The normalized spacial score (nSPS) is 12.8. The van der Waals surface area contributed by atoms with Crippen LogP contribution in [0.15, 0.2) is 217 Å². The Morgan fingerprint density at radius 1 is 0.357 bits per heavy atom. The zero-order valence-corrected chi connectivity index (χ0v) is 30.2. The molecule has 1 aromatic heterocycles. The number of para-hydroxylation sites is 1. The largest absolute Gasteiger partial charge is 0.456 e. The number of anilines is 3. The molecule has 0 aliphatic carbocycles. The fourth-order valence-corrected chi connectivity index (χ4v) is 8.19. The Bertz CT molecular complexity index is 3520. The fourth-order valence-electron chi connectivity index (χ4n) is 8.19. The van der Waals surface area contributed by atoms with Gasteiger partial charge in [0, 0.05) is 33.9 Å². The SMILES string of the molecule is [2H]c1c([2H])c([2H])c(-c2cccc3cccc(-c4ccc(N(c5ccc6cc(-c7ccc8ccccc8c7)ccc6c5)c5ccc6c(c5)oc5ccccc56)cc4)c23)c([2H])c1[2H]. The minimum Gasteiger partial charge on any atom is -0.456 e. The van der Waals surface area contributed by atoms with Crippen LogP contribution in [0.25, 0.3) is 87.6 Å². The van der Waals surface area contributed by atoms with Gasteiger partial charge in [0.2, 0.25) is 0 Å². The molecule has 0 aliphatic heterocycles. The lowest BCUT2D eigenvalue weighted by molar-refractivity contribution is 0.669. The number of nitrogens with zero attached hydrogens (tertiary/aromatic N) is 1. The minimum absolute atomic E-state index is 0.188. The summed E-state index contributed by atoms with van der Waals surface area (Å²) in [7, 11) is 0. The van der Waals surface area contributed by atoms with Crippen molar-refractivity contribution in [2.75, 3.05) is 4.90 Å². The smallest absolute Gasteiger partial charge is 0.137 e. The molecule has 10 aromatic carbocycles. The van der Waals surface area contributed by atoms with Crippen molar-refractivity contribution in [2.24, 2.45) is 0 Å². The maximum absolute atomic E-state index is 8.79. The van der Waals surface area contributed by atoms with Gasteiger partial charge in [-0.1, -0.05) is 152 Å². The summed E-state index contributed by atoms with van der Waals surface area (Å²) in [5.41, 5.74) is 9.47. The van der Waals surface area contributed by atoms with Gasteiger partial charge in [-0.25, -0.2) is 0 Å². The molecule has 0 saturated heterocycles. The van der Waals surface area contributed by atoms with E-state index in [1.807, 2.05) is 54.6 Å². The topological polar surface area (TPSA) is 16.4 Å². The molecule has 0 saturated carbocycles. The molecule has 0 unspecified atom stereocenters. The number of hydrogen-bond donors (Lipinski definition) is 0. The Morgan fingerprint density at radius 2 is 0.911 bits per heavy atom. The number of hydrogen-bond acceptors (Lipinski definition) is 2. The molecule has 0 bridgehead atoms. The van der Waals surface area contributed by atoms with Crippen LogP contribution >= 0.6 is 0 Å². The van der Waals surface area contributed by atoms with Crippen LogP contribution in [-0.2, 0) is 0 Å². The fraction of sp³-hybridized carbons (Fsp3) is 0. The number of fused-ring (bicyclic) bond motifs is 6. The van der Waals surface area contributed by atoms with E-state index < -0.39 is 6.04 Å². The van der Waals surface area contributed by atoms with Crippen LogP contribution in [0.3, 0.4) is 0 Å². The molecular formula is C54H35NO. The summed E-state index contributed by atoms with van der Waals surface area (Å²) >= 11 is 0. The highest BCUT2D eigenvalue weighted by molar-refractivity contribution is 6.08. The van der Waals surface area contributed by atoms with Crippen LogP contribution in [0.4, 0.5) is 17.1 Å². The summed E-state index contributed by atoms with van der Waals surface area (Å²) in [6.45, 7) is 0. The zero-order valence-electron chi connectivity index (χ0n) is 35.2. The van der Waals surface area contributed by atoms with Crippen LogP contribution in [0.5, 0.6) is 0 Å². The maximum atomic E-state index is 8.79. The first kappa shape index (κ1) is 27.2. The van der Waals surface area contributed by atoms with Crippen molar-refractivity contribution in [3.63, 3.8) is 0 Å². The summed E-state index contributed by atoms with van der Waals surface area (Å²) in [5.74, 6) is 0. The van der Waals surface area contributed by atoms with Gasteiger partial charge in [0.1, 0.15) is 11.2 Å². The van der Waals surface area contributed by atoms with Gasteiger partial charge in [0.25, 0.3) is 0 Å². The first-order valence-corrected chi connectivity index (χ1v) is 18.7. The summed E-state index contributed by atoms with van der Waals surface area (Å²) in [5, 5.41) is 8.56. The second kappa shape index (κ2) is 13.2. The van der Waals surface area contributed by atoms with Crippen LogP contribution < -0.4 is 4.90 Å². The molecule has 0 aliphatic rings. The molecule has 56 heavy (non-hydrogen) atoms.